The van der Waals surface area contributed by atoms with Crippen molar-refractivity contribution in [2.75, 3.05) is 18.9 Å². The Morgan fingerprint density at radius 3 is 2.80 bits per heavy atom. The average Bonchev–Trinajstić information content (AvgIpc) is 2.16. The molecule has 0 aliphatic rings. The van der Waals surface area contributed by atoms with E-state index < -0.39 is 0 Å². The predicted octanol–water partition coefficient (Wildman–Crippen LogP) is 2.53. The number of anilines is 1. The summed E-state index contributed by atoms with van der Waals surface area (Å²) in [4.78, 5) is 11.6. The largest absolute Gasteiger partial charge is 0.399 e. The quantitative estimate of drug-likeness (QED) is 0.478. The standard InChI is InChI=1S/C11H14ClNO2/c1-2-3-15-7-11(14)8-4-9(12)6-10(13)5-8/h4-6H,2-3,7,13H2,1H3. The van der Waals surface area contributed by atoms with E-state index in [0.29, 0.717) is 22.9 Å². The molecule has 3 nitrogen and oxygen atoms in total. The molecule has 82 valence electrons. The SMILES string of the molecule is CCCOCC(=O)c1cc(N)cc(Cl)c1. The van der Waals surface area contributed by atoms with E-state index in [1.54, 1.807) is 18.2 Å². The van der Waals surface area contributed by atoms with Crippen LogP contribution in [-0.2, 0) is 4.74 Å². The van der Waals surface area contributed by atoms with Gasteiger partial charge in [-0.3, -0.25) is 4.79 Å². The Bertz CT molecular complexity index is 332. The van der Waals surface area contributed by atoms with Crippen molar-refractivity contribution in [3.05, 3.63) is 28.8 Å². The van der Waals surface area contributed by atoms with E-state index in [1.807, 2.05) is 6.92 Å². The number of ketones is 1. The van der Waals surface area contributed by atoms with Crippen LogP contribution in [0.4, 0.5) is 5.69 Å². The summed E-state index contributed by atoms with van der Waals surface area (Å²) in [7, 11) is 0. The third-order valence-electron chi connectivity index (χ3n) is 1.82. The molecule has 0 aromatic heterocycles. The van der Waals surface area contributed by atoms with Crippen LogP contribution in [0.2, 0.25) is 5.02 Å². The average molecular weight is 228 g/mol. The van der Waals surface area contributed by atoms with Crippen molar-refractivity contribution in [2.45, 2.75) is 13.3 Å². The van der Waals surface area contributed by atoms with Gasteiger partial charge in [0.25, 0.3) is 0 Å². The smallest absolute Gasteiger partial charge is 0.188 e. The van der Waals surface area contributed by atoms with E-state index in [2.05, 4.69) is 0 Å². The minimum atomic E-state index is -0.0994. The molecule has 0 unspecified atom stereocenters. The van der Waals surface area contributed by atoms with Crippen molar-refractivity contribution >= 4 is 23.1 Å². The molecule has 0 saturated carbocycles. The minimum Gasteiger partial charge on any atom is -0.399 e. The molecule has 0 spiro atoms. The van der Waals surface area contributed by atoms with Crippen molar-refractivity contribution in [2.24, 2.45) is 0 Å². The Kier molecular flexibility index (Phi) is 4.59. The monoisotopic (exact) mass is 227 g/mol. The molecule has 1 aromatic rings. The molecular weight excluding hydrogens is 214 g/mol. The van der Waals surface area contributed by atoms with Gasteiger partial charge in [-0.1, -0.05) is 18.5 Å². The number of hydrogen-bond acceptors (Lipinski definition) is 3. The number of rotatable bonds is 5. The Balaban J connectivity index is 2.65. The van der Waals surface area contributed by atoms with E-state index in [9.17, 15) is 4.79 Å². The number of nitrogen functional groups attached to an aromatic ring is 1. The summed E-state index contributed by atoms with van der Waals surface area (Å²) in [6.07, 6.45) is 0.894. The second-order valence-electron chi connectivity index (χ2n) is 3.25. The predicted molar refractivity (Wildman–Crippen MR) is 61.3 cm³/mol. The summed E-state index contributed by atoms with van der Waals surface area (Å²) < 4.78 is 5.15. The van der Waals surface area contributed by atoms with E-state index in [-0.39, 0.29) is 12.4 Å². The van der Waals surface area contributed by atoms with E-state index in [4.69, 9.17) is 22.1 Å². The maximum Gasteiger partial charge on any atom is 0.188 e. The molecule has 2 N–H and O–H groups in total. The molecule has 0 radical (unpaired) electrons. The molecule has 15 heavy (non-hydrogen) atoms. The molecule has 0 bridgehead atoms. The molecular formula is C11H14ClNO2. The number of hydrogen-bond donors (Lipinski definition) is 1. The topological polar surface area (TPSA) is 52.3 Å². The lowest BCUT2D eigenvalue weighted by atomic mass is 10.1. The lowest BCUT2D eigenvalue weighted by molar-refractivity contribution is 0.0761. The van der Waals surface area contributed by atoms with Crippen molar-refractivity contribution in [1.29, 1.82) is 0 Å². The molecule has 1 aromatic carbocycles. The molecule has 4 heteroatoms. The second-order valence-corrected chi connectivity index (χ2v) is 3.69. The van der Waals surface area contributed by atoms with Gasteiger partial charge < -0.3 is 10.5 Å². The van der Waals surface area contributed by atoms with E-state index in [1.165, 1.54) is 0 Å². The van der Waals surface area contributed by atoms with Crippen LogP contribution in [-0.4, -0.2) is 19.0 Å². The molecule has 1 rings (SSSR count). The Hall–Kier alpha value is -1.06. The van der Waals surface area contributed by atoms with Gasteiger partial charge in [0.05, 0.1) is 0 Å². The summed E-state index contributed by atoms with van der Waals surface area (Å²) in [6.45, 7) is 2.65. The summed E-state index contributed by atoms with van der Waals surface area (Å²) in [5.41, 5.74) is 6.56. The van der Waals surface area contributed by atoms with Gasteiger partial charge in [-0.2, -0.15) is 0 Å². The van der Waals surface area contributed by atoms with Gasteiger partial charge in [0.15, 0.2) is 5.78 Å². The Morgan fingerprint density at radius 1 is 1.47 bits per heavy atom. The Morgan fingerprint density at radius 2 is 2.20 bits per heavy atom. The van der Waals surface area contributed by atoms with Crippen LogP contribution in [0.3, 0.4) is 0 Å². The van der Waals surface area contributed by atoms with Gasteiger partial charge in [0.1, 0.15) is 6.61 Å². The fourth-order valence-electron chi connectivity index (χ4n) is 1.17. The zero-order valence-electron chi connectivity index (χ0n) is 8.63. The van der Waals surface area contributed by atoms with Crippen molar-refractivity contribution < 1.29 is 9.53 Å². The molecule has 0 atom stereocenters. The summed E-state index contributed by atoms with van der Waals surface area (Å²) in [5, 5.41) is 0.467. The van der Waals surface area contributed by atoms with Crippen LogP contribution in [0.5, 0.6) is 0 Å². The van der Waals surface area contributed by atoms with Crippen molar-refractivity contribution in [3.63, 3.8) is 0 Å². The Labute approximate surface area is 94.2 Å². The lowest BCUT2D eigenvalue weighted by Crippen LogP contribution is -2.10. The summed E-state index contributed by atoms with van der Waals surface area (Å²) in [5.74, 6) is -0.0994. The number of benzene rings is 1. The van der Waals surface area contributed by atoms with Crippen LogP contribution >= 0.6 is 11.6 Å². The summed E-state index contributed by atoms with van der Waals surface area (Å²) in [6, 6.07) is 4.80. The maximum absolute atomic E-state index is 11.6. The van der Waals surface area contributed by atoms with Gasteiger partial charge in [-0.05, 0) is 24.6 Å². The van der Waals surface area contributed by atoms with Crippen LogP contribution in [0.25, 0.3) is 0 Å². The number of nitrogens with two attached hydrogens (primary N) is 1. The molecule has 0 amide bonds. The highest BCUT2D eigenvalue weighted by Gasteiger charge is 2.07. The highest BCUT2D eigenvalue weighted by molar-refractivity contribution is 6.31. The number of ether oxygens (including phenoxy) is 1. The molecule has 0 aliphatic carbocycles. The van der Waals surface area contributed by atoms with Crippen LogP contribution in [0.1, 0.15) is 23.7 Å². The highest BCUT2D eigenvalue weighted by Crippen LogP contribution is 2.17. The lowest BCUT2D eigenvalue weighted by Gasteiger charge is -2.04. The third-order valence-corrected chi connectivity index (χ3v) is 2.04. The minimum absolute atomic E-state index is 0.0770. The van der Waals surface area contributed by atoms with Crippen LogP contribution < -0.4 is 5.73 Å². The first-order valence-electron chi connectivity index (χ1n) is 4.80. The van der Waals surface area contributed by atoms with E-state index in [0.717, 1.165) is 6.42 Å². The van der Waals surface area contributed by atoms with Crippen LogP contribution in [0, 0.1) is 0 Å². The van der Waals surface area contributed by atoms with Gasteiger partial charge >= 0.3 is 0 Å². The first kappa shape index (κ1) is 12.0. The van der Waals surface area contributed by atoms with Crippen molar-refractivity contribution in [1.82, 2.24) is 0 Å². The number of Topliss-reactive ketones (excluding diaryl/α,β-unsaturated/α-hetero) is 1. The molecule has 0 fully saturated rings. The first-order chi connectivity index (χ1) is 7.13. The van der Waals surface area contributed by atoms with Crippen molar-refractivity contribution in [3.8, 4) is 0 Å². The first-order valence-corrected chi connectivity index (χ1v) is 5.18. The van der Waals surface area contributed by atoms with Gasteiger partial charge in [-0.25, -0.2) is 0 Å². The fraction of sp³-hybridized carbons (Fsp3) is 0.364. The maximum atomic E-state index is 11.6. The van der Waals surface area contributed by atoms with Gasteiger partial charge in [0.2, 0.25) is 0 Å². The fourth-order valence-corrected chi connectivity index (χ4v) is 1.41. The number of halogens is 1. The molecule has 0 aliphatic heterocycles. The molecule has 0 heterocycles. The second kappa shape index (κ2) is 5.73. The van der Waals surface area contributed by atoms with Gasteiger partial charge in [-0.15, -0.1) is 0 Å². The summed E-state index contributed by atoms with van der Waals surface area (Å²) >= 11 is 5.78. The van der Waals surface area contributed by atoms with Gasteiger partial charge in [0, 0.05) is 22.9 Å². The van der Waals surface area contributed by atoms with Crippen LogP contribution in [0.15, 0.2) is 18.2 Å². The number of carbonyl (C=O) groups excluding carboxylic acids is 1. The number of carbonyl (C=O) groups is 1. The zero-order chi connectivity index (χ0) is 11.3. The zero-order valence-corrected chi connectivity index (χ0v) is 9.38. The molecule has 0 saturated heterocycles. The normalized spacial score (nSPS) is 10.3. The van der Waals surface area contributed by atoms with E-state index >= 15 is 0 Å². The third kappa shape index (κ3) is 3.90. The highest BCUT2D eigenvalue weighted by atomic mass is 35.5.